The number of amides is 1. The van der Waals surface area contributed by atoms with Crippen molar-refractivity contribution in [1.82, 2.24) is 14.7 Å². The number of aromatic nitrogens is 2. The Balaban J connectivity index is 1.95. The first-order valence-corrected chi connectivity index (χ1v) is 9.52. The lowest BCUT2D eigenvalue weighted by Crippen LogP contribution is -2.33. The van der Waals surface area contributed by atoms with Crippen molar-refractivity contribution in [2.24, 2.45) is 5.92 Å². The van der Waals surface area contributed by atoms with Crippen molar-refractivity contribution >= 4 is 11.9 Å². The molecule has 1 amide bonds. The van der Waals surface area contributed by atoms with E-state index in [0.29, 0.717) is 17.8 Å². The highest BCUT2D eigenvalue weighted by Crippen LogP contribution is 2.24. The van der Waals surface area contributed by atoms with Crippen LogP contribution < -0.4 is 0 Å². The van der Waals surface area contributed by atoms with Crippen LogP contribution in [-0.4, -0.2) is 45.3 Å². The fraction of sp³-hybridized carbons (Fsp3) is 0.261. The number of nitrogens with zero attached hydrogens (tertiary/aromatic N) is 3. The van der Waals surface area contributed by atoms with E-state index in [4.69, 9.17) is 5.11 Å². The summed E-state index contributed by atoms with van der Waals surface area (Å²) in [5.41, 5.74) is 4.12. The number of hydrogen-bond donors (Lipinski definition) is 1. The van der Waals surface area contributed by atoms with Crippen LogP contribution >= 0.6 is 0 Å². The maximum absolute atomic E-state index is 13.1. The molecule has 0 spiro atoms. The van der Waals surface area contributed by atoms with Gasteiger partial charge in [-0.15, -0.1) is 0 Å². The Morgan fingerprint density at radius 1 is 1.10 bits per heavy atom. The molecule has 1 aromatic heterocycles. The van der Waals surface area contributed by atoms with E-state index in [1.165, 1.54) is 4.90 Å². The van der Waals surface area contributed by atoms with E-state index in [0.717, 1.165) is 16.7 Å². The van der Waals surface area contributed by atoms with Crippen LogP contribution in [0.1, 0.15) is 28.4 Å². The zero-order valence-electron chi connectivity index (χ0n) is 16.9. The van der Waals surface area contributed by atoms with Gasteiger partial charge in [0.15, 0.2) is 0 Å². The van der Waals surface area contributed by atoms with Gasteiger partial charge in [-0.25, -0.2) is 0 Å². The largest absolute Gasteiger partial charge is 0.481 e. The average molecular weight is 391 g/mol. The van der Waals surface area contributed by atoms with Crippen molar-refractivity contribution in [3.63, 3.8) is 0 Å². The monoisotopic (exact) mass is 391 g/mol. The lowest BCUT2D eigenvalue weighted by atomic mass is 10.1. The third kappa shape index (κ3) is 4.90. The standard InChI is InChI=1S/C23H25N3O3/c1-16-9-11-19(12-10-16)21-20(22(27)25(3)13-17(2)23(28)29)15-26(24-21)14-18-7-5-4-6-8-18/h4-12,15,17H,13-14H2,1-3H3,(H,28,29). The lowest BCUT2D eigenvalue weighted by molar-refractivity contribution is -0.141. The molecule has 3 aromatic rings. The van der Waals surface area contributed by atoms with Gasteiger partial charge in [0, 0.05) is 25.4 Å². The molecule has 0 saturated heterocycles. The minimum atomic E-state index is -0.928. The predicted octanol–water partition coefficient (Wildman–Crippen LogP) is 3.70. The van der Waals surface area contributed by atoms with Crippen molar-refractivity contribution < 1.29 is 14.7 Å². The van der Waals surface area contributed by atoms with E-state index in [2.05, 4.69) is 5.10 Å². The summed E-state index contributed by atoms with van der Waals surface area (Å²) < 4.78 is 1.76. The van der Waals surface area contributed by atoms with Gasteiger partial charge in [0.05, 0.1) is 18.0 Å². The summed E-state index contributed by atoms with van der Waals surface area (Å²) >= 11 is 0. The van der Waals surface area contributed by atoms with Crippen molar-refractivity contribution in [2.45, 2.75) is 20.4 Å². The van der Waals surface area contributed by atoms with Crippen LogP contribution in [0.3, 0.4) is 0 Å². The van der Waals surface area contributed by atoms with Gasteiger partial charge in [-0.2, -0.15) is 5.10 Å². The smallest absolute Gasteiger partial charge is 0.308 e. The Bertz CT molecular complexity index is 994. The minimum absolute atomic E-state index is 0.130. The Morgan fingerprint density at radius 3 is 2.38 bits per heavy atom. The molecule has 0 saturated carbocycles. The molecule has 150 valence electrons. The van der Waals surface area contributed by atoms with Crippen LogP contribution in [0.25, 0.3) is 11.3 Å². The molecular formula is C23H25N3O3. The second kappa shape index (κ2) is 8.73. The molecule has 1 heterocycles. The molecule has 6 heteroatoms. The highest BCUT2D eigenvalue weighted by atomic mass is 16.4. The molecule has 0 fully saturated rings. The van der Waals surface area contributed by atoms with Crippen LogP contribution in [0.15, 0.2) is 60.8 Å². The molecule has 0 aliphatic carbocycles. The topological polar surface area (TPSA) is 75.4 Å². The molecule has 0 radical (unpaired) electrons. The van der Waals surface area contributed by atoms with Gasteiger partial charge in [0.2, 0.25) is 0 Å². The number of hydrogen-bond acceptors (Lipinski definition) is 3. The SMILES string of the molecule is Cc1ccc(-c2nn(Cc3ccccc3)cc2C(=O)N(C)CC(C)C(=O)O)cc1. The third-order valence-corrected chi connectivity index (χ3v) is 4.82. The first-order valence-electron chi connectivity index (χ1n) is 9.52. The number of aryl methyl sites for hydroxylation is 1. The fourth-order valence-corrected chi connectivity index (χ4v) is 3.13. The average Bonchev–Trinajstić information content (AvgIpc) is 3.12. The molecule has 29 heavy (non-hydrogen) atoms. The van der Waals surface area contributed by atoms with Crippen molar-refractivity contribution in [2.75, 3.05) is 13.6 Å². The summed E-state index contributed by atoms with van der Waals surface area (Å²) in [5.74, 6) is -1.82. The predicted molar refractivity (Wildman–Crippen MR) is 112 cm³/mol. The molecule has 0 bridgehead atoms. The quantitative estimate of drug-likeness (QED) is 0.666. The van der Waals surface area contributed by atoms with Crippen LogP contribution in [0.4, 0.5) is 0 Å². The van der Waals surface area contributed by atoms with E-state index >= 15 is 0 Å². The molecule has 3 rings (SSSR count). The van der Waals surface area contributed by atoms with Crippen molar-refractivity contribution in [3.05, 3.63) is 77.5 Å². The number of carboxylic acid groups (broad SMARTS) is 1. The van der Waals surface area contributed by atoms with Crippen LogP contribution in [-0.2, 0) is 11.3 Å². The van der Waals surface area contributed by atoms with Gasteiger partial charge in [-0.1, -0.05) is 67.1 Å². The molecule has 6 nitrogen and oxygen atoms in total. The highest BCUT2D eigenvalue weighted by Gasteiger charge is 2.24. The highest BCUT2D eigenvalue weighted by molar-refractivity contribution is 5.99. The van der Waals surface area contributed by atoms with Gasteiger partial charge in [0.1, 0.15) is 5.69 Å². The van der Waals surface area contributed by atoms with E-state index < -0.39 is 11.9 Å². The summed E-state index contributed by atoms with van der Waals surface area (Å²) in [6.07, 6.45) is 1.74. The van der Waals surface area contributed by atoms with E-state index in [-0.39, 0.29) is 12.5 Å². The summed E-state index contributed by atoms with van der Waals surface area (Å²) in [5, 5.41) is 13.8. The summed E-state index contributed by atoms with van der Waals surface area (Å²) in [6.45, 7) is 4.27. The summed E-state index contributed by atoms with van der Waals surface area (Å²) in [4.78, 5) is 25.7. The Morgan fingerprint density at radius 2 is 1.76 bits per heavy atom. The first kappa shape index (κ1) is 20.3. The second-order valence-corrected chi connectivity index (χ2v) is 7.37. The molecule has 1 atom stereocenters. The van der Waals surface area contributed by atoms with Gasteiger partial charge < -0.3 is 10.0 Å². The number of rotatable bonds is 7. The maximum Gasteiger partial charge on any atom is 0.308 e. The number of aliphatic carboxylic acids is 1. The van der Waals surface area contributed by atoms with Gasteiger partial charge in [0.25, 0.3) is 5.91 Å². The van der Waals surface area contributed by atoms with Crippen LogP contribution in [0.5, 0.6) is 0 Å². The zero-order valence-corrected chi connectivity index (χ0v) is 16.9. The number of carboxylic acids is 1. The normalized spacial score (nSPS) is 11.8. The van der Waals surface area contributed by atoms with E-state index in [9.17, 15) is 9.59 Å². The van der Waals surface area contributed by atoms with E-state index in [1.807, 2.05) is 61.5 Å². The Labute approximate surface area is 170 Å². The van der Waals surface area contributed by atoms with Gasteiger partial charge in [-0.3, -0.25) is 14.3 Å². The number of benzene rings is 2. The molecule has 1 N–H and O–H groups in total. The zero-order chi connectivity index (χ0) is 21.0. The maximum atomic E-state index is 13.1. The van der Waals surface area contributed by atoms with Crippen LogP contribution in [0, 0.1) is 12.8 Å². The number of carbonyl (C=O) groups is 2. The molecule has 2 aromatic carbocycles. The second-order valence-electron chi connectivity index (χ2n) is 7.37. The summed E-state index contributed by atoms with van der Waals surface area (Å²) in [7, 11) is 1.62. The van der Waals surface area contributed by atoms with Crippen molar-refractivity contribution in [1.29, 1.82) is 0 Å². The third-order valence-electron chi connectivity index (χ3n) is 4.82. The first-order chi connectivity index (χ1) is 13.8. The lowest BCUT2D eigenvalue weighted by Gasteiger charge is -2.19. The van der Waals surface area contributed by atoms with Crippen LogP contribution in [0.2, 0.25) is 0 Å². The Hall–Kier alpha value is -3.41. The molecular weight excluding hydrogens is 366 g/mol. The van der Waals surface area contributed by atoms with E-state index in [1.54, 1.807) is 24.9 Å². The fourth-order valence-electron chi connectivity index (χ4n) is 3.13. The molecule has 0 aliphatic rings. The van der Waals surface area contributed by atoms with Gasteiger partial charge >= 0.3 is 5.97 Å². The minimum Gasteiger partial charge on any atom is -0.481 e. The van der Waals surface area contributed by atoms with Gasteiger partial charge in [-0.05, 0) is 12.5 Å². The number of carbonyl (C=O) groups excluding carboxylic acids is 1. The molecule has 0 aliphatic heterocycles. The van der Waals surface area contributed by atoms with Crippen molar-refractivity contribution in [3.8, 4) is 11.3 Å². The Kier molecular flexibility index (Phi) is 6.12. The molecule has 1 unspecified atom stereocenters. The summed E-state index contributed by atoms with van der Waals surface area (Å²) in [6, 6.07) is 17.8.